The van der Waals surface area contributed by atoms with Gasteiger partial charge in [-0.15, -0.1) is 0 Å². The van der Waals surface area contributed by atoms with E-state index < -0.39 is 5.67 Å². The van der Waals surface area contributed by atoms with Crippen molar-refractivity contribution in [2.75, 3.05) is 0 Å². The Balaban J connectivity index is 2.01. The summed E-state index contributed by atoms with van der Waals surface area (Å²) < 4.78 is 13.9. The van der Waals surface area contributed by atoms with Crippen molar-refractivity contribution in [3.8, 4) is 0 Å². The minimum Gasteiger partial charge on any atom is -0.239 e. The van der Waals surface area contributed by atoms with E-state index in [0.29, 0.717) is 0 Å². The lowest BCUT2D eigenvalue weighted by atomic mass is 9.80. The fourth-order valence-electron chi connectivity index (χ4n) is 2.93. The highest BCUT2D eigenvalue weighted by atomic mass is 19.1. The van der Waals surface area contributed by atoms with Crippen LogP contribution in [0.15, 0.2) is 24.3 Å². The standard InChI is InChI=1S/C17H25F/c1-13-7-9-14(10-8-13)11-15-5-4-6-16(12-15)17(2,3)18/h4-6,12-14H,7-11H2,1-3H3. The first-order chi connectivity index (χ1) is 8.45. The molecule has 0 N–H and O–H groups in total. The van der Waals surface area contributed by atoms with Crippen LogP contribution in [0.3, 0.4) is 0 Å². The first-order valence-electron chi connectivity index (χ1n) is 7.23. The zero-order valence-electron chi connectivity index (χ0n) is 11.9. The average molecular weight is 248 g/mol. The van der Waals surface area contributed by atoms with Gasteiger partial charge in [0, 0.05) is 0 Å². The Morgan fingerprint density at radius 2 is 1.83 bits per heavy atom. The smallest absolute Gasteiger partial charge is 0.130 e. The lowest BCUT2D eigenvalue weighted by Crippen LogP contribution is -2.15. The molecule has 0 bridgehead atoms. The normalized spacial score (nSPS) is 25.1. The molecule has 0 atom stereocenters. The predicted molar refractivity (Wildman–Crippen MR) is 75.4 cm³/mol. The zero-order valence-corrected chi connectivity index (χ0v) is 11.9. The SMILES string of the molecule is CC1CCC(Cc2cccc(C(C)(C)F)c2)CC1. The molecule has 2 rings (SSSR count). The maximum Gasteiger partial charge on any atom is 0.130 e. The van der Waals surface area contributed by atoms with Crippen molar-refractivity contribution in [3.05, 3.63) is 35.4 Å². The van der Waals surface area contributed by atoms with Crippen LogP contribution in [0.5, 0.6) is 0 Å². The van der Waals surface area contributed by atoms with Gasteiger partial charge in [0.05, 0.1) is 0 Å². The molecule has 100 valence electrons. The van der Waals surface area contributed by atoms with Crippen molar-refractivity contribution >= 4 is 0 Å². The molecule has 18 heavy (non-hydrogen) atoms. The summed E-state index contributed by atoms with van der Waals surface area (Å²) in [7, 11) is 0. The lowest BCUT2D eigenvalue weighted by molar-refractivity contribution is 0.221. The largest absolute Gasteiger partial charge is 0.239 e. The molecule has 0 unspecified atom stereocenters. The molecule has 1 fully saturated rings. The molecule has 1 heteroatoms. The Bertz CT molecular complexity index is 381. The Morgan fingerprint density at radius 1 is 1.17 bits per heavy atom. The number of hydrogen-bond acceptors (Lipinski definition) is 0. The molecule has 1 aromatic carbocycles. The predicted octanol–water partition coefficient (Wildman–Crippen LogP) is 5.26. The molecular weight excluding hydrogens is 223 g/mol. The molecule has 0 spiro atoms. The fraction of sp³-hybridized carbons (Fsp3) is 0.647. The molecule has 0 radical (unpaired) electrons. The van der Waals surface area contributed by atoms with E-state index >= 15 is 0 Å². The number of alkyl halides is 1. The van der Waals surface area contributed by atoms with Gasteiger partial charge in [0.2, 0.25) is 0 Å². The Morgan fingerprint density at radius 3 is 2.44 bits per heavy atom. The van der Waals surface area contributed by atoms with Crippen molar-refractivity contribution < 1.29 is 4.39 Å². The molecule has 1 aliphatic rings. The maximum absolute atomic E-state index is 13.9. The van der Waals surface area contributed by atoms with Gasteiger partial charge in [-0.25, -0.2) is 4.39 Å². The van der Waals surface area contributed by atoms with E-state index in [-0.39, 0.29) is 0 Å². The van der Waals surface area contributed by atoms with Gasteiger partial charge in [-0.3, -0.25) is 0 Å². The Kier molecular flexibility index (Phi) is 4.09. The molecule has 0 saturated heterocycles. The highest BCUT2D eigenvalue weighted by molar-refractivity contribution is 5.27. The summed E-state index contributed by atoms with van der Waals surface area (Å²) in [6, 6.07) is 8.09. The lowest BCUT2D eigenvalue weighted by Gasteiger charge is -2.26. The second-order valence-corrected chi connectivity index (χ2v) is 6.50. The van der Waals surface area contributed by atoms with Crippen LogP contribution >= 0.6 is 0 Å². The molecule has 1 aromatic rings. The van der Waals surface area contributed by atoms with Gasteiger partial charge in [-0.2, -0.15) is 0 Å². The molecule has 1 saturated carbocycles. The van der Waals surface area contributed by atoms with E-state index in [1.54, 1.807) is 13.8 Å². The third kappa shape index (κ3) is 3.57. The maximum atomic E-state index is 13.9. The molecule has 0 amide bonds. The molecular formula is C17H25F. The number of rotatable bonds is 3. The molecule has 0 aromatic heterocycles. The van der Waals surface area contributed by atoms with Crippen molar-refractivity contribution in [3.63, 3.8) is 0 Å². The van der Waals surface area contributed by atoms with E-state index in [1.807, 2.05) is 12.1 Å². The number of benzene rings is 1. The first kappa shape index (κ1) is 13.6. The fourth-order valence-corrected chi connectivity index (χ4v) is 2.93. The van der Waals surface area contributed by atoms with Gasteiger partial charge in [-0.1, -0.05) is 44.0 Å². The van der Waals surface area contributed by atoms with Gasteiger partial charge in [-0.05, 0) is 56.1 Å². The van der Waals surface area contributed by atoms with Gasteiger partial charge < -0.3 is 0 Å². The van der Waals surface area contributed by atoms with E-state index in [0.717, 1.165) is 23.8 Å². The quantitative estimate of drug-likeness (QED) is 0.684. The number of hydrogen-bond donors (Lipinski definition) is 0. The zero-order chi connectivity index (χ0) is 13.2. The summed E-state index contributed by atoms with van der Waals surface area (Å²) >= 11 is 0. The highest BCUT2D eigenvalue weighted by Gasteiger charge is 2.21. The second kappa shape index (κ2) is 5.42. The third-order valence-corrected chi connectivity index (χ3v) is 4.27. The molecule has 0 nitrogen and oxygen atoms in total. The summed E-state index contributed by atoms with van der Waals surface area (Å²) in [5, 5.41) is 0. The van der Waals surface area contributed by atoms with Crippen LogP contribution in [-0.2, 0) is 12.1 Å². The van der Waals surface area contributed by atoms with Crippen molar-refractivity contribution in [2.45, 2.75) is 58.5 Å². The van der Waals surface area contributed by atoms with Crippen LogP contribution < -0.4 is 0 Å². The van der Waals surface area contributed by atoms with Crippen molar-refractivity contribution in [2.24, 2.45) is 11.8 Å². The topological polar surface area (TPSA) is 0 Å². The molecule has 0 aliphatic heterocycles. The van der Waals surface area contributed by atoms with Crippen molar-refractivity contribution in [1.29, 1.82) is 0 Å². The van der Waals surface area contributed by atoms with E-state index in [1.165, 1.54) is 31.2 Å². The first-order valence-corrected chi connectivity index (χ1v) is 7.23. The van der Waals surface area contributed by atoms with Crippen LogP contribution in [0, 0.1) is 11.8 Å². The van der Waals surface area contributed by atoms with Gasteiger partial charge in [0.25, 0.3) is 0 Å². The van der Waals surface area contributed by atoms with Gasteiger partial charge in [0.15, 0.2) is 0 Å². The molecule has 1 aliphatic carbocycles. The van der Waals surface area contributed by atoms with Crippen molar-refractivity contribution in [1.82, 2.24) is 0 Å². The summed E-state index contributed by atoms with van der Waals surface area (Å²) in [5.41, 5.74) is 0.888. The minimum atomic E-state index is -1.23. The van der Waals surface area contributed by atoms with Gasteiger partial charge >= 0.3 is 0 Å². The average Bonchev–Trinajstić information content (AvgIpc) is 2.31. The summed E-state index contributed by atoms with van der Waals surface area (Å²) in [6.45, 7) is 5.62. The monoisotopic (exact) mass is 248 g/mol. The summed E-state index contributed by atoms with van der Waals surface area (Å²) in [4.78, 5) is 0. The van der Waals surface area contributed by atoms with Crippen LogP contribution in [0.4, 0.5) is 4.39 Å². The summed E-state index contributed by atoms with van der Waals surface area (Å²) in [6.07, 6.45) is 6.52. The van der Waals surface area contributed by atoms with Crippen LogP contribution in [0.1, 0.15) is 57.6 Å². The van der Waals surface area contributed by atoms with Crippen LogP contribution in [-0.4, -0.2) is 0 Å². The Hall–Kier alpha value is -0.850. The summed E-state index contributed by atoms with van der Waals surface area (Å²) in [5.74, 6) is 1.71. The number of halogens is 1. The van der Waals surface area contributed by atoms with Crippen LogP contribution in [0.25, 0.3) is 0 Å². The third-order valence-electron chi connectivity index (χ3n) is 4.27. The highest BCUT2D eigenvalue weighted by Crippen LogP contribution is 2.32. The minimum absolute atomic E-state index is 0.805. The van der Waals surface area contributed by atoms with E-state index in [2.05, 4.69) is 19.1 Å². The molecule has 0 heterocycles. The Labute approximate surface area is 111 Å². The second-order valence-electron chi connectivity index (χ2n) is 6.50. The van der Waals surface area contributed by atoms with Gasteiger partial charge in [0.1, 0.15) is 5.67 Å². The van der Waals surface area contributed by atoms with Crippen LogP contribution in [0.2, 0.25) is 0 Å². The van der Waals surface area contributed by atoms with E-state index in [9.17, 15) is 4.39 Å². The van der Waals surface area contributed by atoms with E-state index in [4.69, 9.17) is 0 Å².